The highest BCUT2D eigenvalue weighted by Crippen LogP contribution is 2.58. The predicted molar refractivity (Wildman–Crippen MR) is 99.2 cm³/mol. The fraction of sp³-hybridized carbons (Fsp3) is 0.682. The topological polar surface area (TPSA) is 47.6 Å². The molecule has 0 unspecified atom stereocenters. The van der Waals surface area contributed by atoms with Crippen molar-refractivity contribution < 1.29 is 14.3 Å². The van der Waals surface area contributed by atoms with E-state index >= 15 is 0 Å². The van der Waals surface area contributed by atoms with E-state index in [1.807, 2.05) is 24.3 Å². The van der Waals surface area contributed by atoms with Gasteiger partial charge in [0.2, 0.25) is 0 Å². The minimum atomic E-state index is 0.0552. The Morgan fingerprint density at radius 1 is 1.12 bits per heavy atom. The van der Waals surface area contributed by atoms with Crippen LogP contribution in [0, 0.1) is 23.7 Å². The summed E-state index contributed by atoms with van der Waals surface area (Å²) in [6, 6.07) is 7.97. The molecule has 1 heterocycles. The molecule has 1 aliphatic heterocycles. The number of hydrogen-bond acceptors (Lipinski definition) is 3. The first-order chi connectivity index (χ1) is 12.8. The van der Waals surface area contributed by atoms with Crippen molar-refractivity contribution in [1.82, 2.24) is 5.32 Å². The third kappa shape index (κ3) is 3.02. The monoisotopic (exact) mass is 355 g/mol. The minimum Gasteiger partial charge on any atom is -0.491 e. The van der Waals surface area contributed by atoms with E-state index in [9.17, 15) is 4.79 Å². The molecule has 5 rings (SSSR count). The summed E-state index contributed by atoms with van der Waals surface area (Å²) >= 11 is 0. The van der Waals surface area contributed by atoms with Crippen molar-refractivity contribution in [1.29, 1.82) is 0 Å². The molecular weight excluding hydrogens is 326 g/mol. The zero-order chi connectivity index (χ0) is 17.5. The van der Waals surface area contributed by atoms with Crippen molar-refractivity contribution in [3.05, 3.63) is 29.8 Å². The van der Waals surface area contributed by atoms with Crippen molar-refractivity contribution in [2.45, 2.75) is 57.1 Å². The highest BCUT2D eigenvalue weighted by Gasteiger charge is 2.54. The Morgan fingerprint density at radius 3 is 2.92 bits per heavy atom. The Morgan fingerprint density at radius 2 is 2.04 bits per heavy atom. The van der Waals surface area contributed by atoms with Gasteiger partial charge in [0.25, 0.3) is 5.91 Å². The SMILES string of the molecule is O=C(N[C@@H]1C[C@H]2C[C@H]1[C@@H]1CCC[C@@H]21)c1cccc(OC[C@H]2CCCO2)c1. The Bertz CT molecular complexity index is 669. The second kappa shape index (κ2) is 6.88. The molecule has 1 amide bonds. The van der Waals surface area contributed by atoms with Crippen LogP contribution in [0.4, 0.5) is 0 Å². The number of rotatable bonds is 5. The van der Waals surface area contributed by atoms with Gasteiger partial charge in [-0.15, -0.1) is 0 Å². The Labute approximate surface area is 155 Å². The summed E-state index contributed by atoms with van der Waals surface area (Å²) in [7, 11) is 0. The minimum absolute atomic E-state index is 0.0552. The van der Waals surface area contributed by atoms with Crippen LogP contribution in [0.3, 0.4) is 0 Å². The summed E-state index contributed by atoms with van der Waals surface area (Å²) in [4.78, 5) is 12.8. The second-order valence-electron chi connectivity index (χ2n) is 8.71. The molecule has 3 saturated carbocycles. The zero-order valence-electron chi connectivity index (χ0n) is 15.4. The average molecular weight is 355 g/mol. The van der Waals surface area contributed by atoms with E-state index in [-0.39, 0.29) is 12.0 Å². The lowest BCUT2D eigenvalue weighted by Gasteiger charge is -2.32. The highest BCUT2D eigenvalue weighted by molar-refractivity contribution is 5.94. The number of amides is 1. The number of carbonyl (C=O) groups is 1. The van der Waals surface area contributed by atoms with Crippen LogP contribution in [0.2, 0.25) is 0 Å². The molecule has 1 aromatic rings. The summed E-state index contributed by atoms with van der Waals surface area (Å²) in [5, 5.41) is 3.34. The molecule has 0 radical (unpaired) electrons. The van der Waals surface area contributed by atoms with E-state index in [0.29, 0.717) is 18.2 Å². The molecule has 26 heavy (non-hydrogen) atoms. The second-order valence-corrected chi connectivity index (χ2v) is 8.71. The summed E-state index contributed by atoms with van der Waals surface area (Å²) in [5.74, 6) is 4.23. The average Bonchev–Trinajstić information content (AvgIpc) is 3.42. The van der Waals surface area contributed by atoms with Crippen molar-refractivity contribution in [2.24, 2.45) is 23.7 Å². The number of benzene rings is 1. The van der Waals surface area contributed by atoms with Crippen LogP contribution in [0.15, 0.2) is 24.3 Å². The number of hydrogen-bond donors (Lipinski definition) is 1. The van der Waals surface area contributed by atoms with Crippen molar-refractivity contribution in [2.75, 3.05) is 13.2 Å². The first-order valence-corrected chi connectivity index (χ1v) is 10.4. The molecule has 1 N–H and O–H groups in total. The Kier molecular flexibility index (Phi) is 4.39. The molecule has 6 atom stereocenters. The van der Waals surface area contributed by atoms with E-state index in [1.54, 1.807) is 0 Å². The van der Waals surface area contributed by atoms with Crippen LogP contribution in [0.25, 0.3) is 0 Å². The smallest absolute Gasteiger partial charge is 0.251 e. The van der Waals surface area contributed by atoms with Gasteiger partial charge in [-0.1, -0.05) is 12.5 Å². The van der Waals surface area contributed by atoms with Crippen LogP contribution in [-0.4, -0.2) is 31.3 Å². The van der Waals surface area contributed by atoms with Gasteiger partial charge in [0.1, 0.15) is 12.4 Å². The summed E-state index contributed by atoms with van der Waals surface area (Å²) in [6.07, 6.45) is 9.10. The Balaban J connectivity index is 1.20. The molecule has 4 fully saturated rings. The van der Waals surface area contributed by atoms with Crippen molar-refractivity contribution in [3.8, 4) is 5.75 Å². The predicted octanol–water partition coefficient (Wildman–Crippen LogP) is 3.80. The van der Waals surface area contributed by atoms with Gasteiger partial charge >= 0.3 is 0 Å². The standard InChI is InChI=1S/C22H29NO3/c24-22(23-21-12-15-11-20(21)19-8-2-7-18(15)19)14-4-1-5-16(10-14)26-13-17-6-3-9-25-17/h1,4-5,10,15,17-21H,2-3,6-9,11-13H2,(H,23,24)/t15-,17-,18+,19-,20+,21-/m1/s1. The van der Waals surface area contributed by atoms with Crippen LogP contribution in [-0.2, 0) is 4.74 Å². The summed E-state index contributed by atoms with van der Waals surface area (Å²) in [5.41, 5.74) is 0.709. The molecule has 140 valence electrons. The van der Waals surface area contributed by atoms with E-state index in [4.69, 9.17) is 9.47 Å². The molecule has 0 aromatic heterocycles. The van der Waals surface area contributed by atoms with Gasteiger partial charge in [-0.05, 0) is 80.4 Å². The molecule has 0 spiro atoms. The van der Waals surface area contributed by atoms with Crippen LogP contribution in [0.1, 0.15) is 55.3 Å². The van der Waals surface area contributed by atoms with E-state index in [2.05, 4.69) is 5.32 Å². The molecule has 1 saturated heterocycles. The maximum absolute atomic E-state index is 12.8. The molecule has 3 aliphatic carbocycles. The van der Waals surface area contributed by atoms with Gasteiger partial charge < -0.3 is 14.8 Å². The number of fused-ring (bicyclic) bond motifs is 5. The summed E-state index contributed by atoms with van der Waals surface area (Å²) in [6.45, 7) is 1.41. The molecule has 4 aliphatic rings. The fourth-order valence-electron chi connectivity index (χ4n) is 6.18. The van der Waals surface area contributed by atoms with Crippen molar-refractivity contribution in [3.63, 3.8) is 0 Å². The molecule has 4 nitrogen and oxygen atoms in total. The zero-order valence-corrected chi connectivity index (χ0v) is 15.4. The number of ether oxygens (including phenoxy) is 2. The number of carbonyl (C=O) groups excluding carboxylic acids is 1. The van der Waals surface area contributed by atoms with Gasteiger partial charge in [-0.2, -0.15) is 0 Å². The van der Waals surface area contributed by atoms with Gasteiger partial charge in [-0.3, -0.25) is 4.79 Å². The Hall–Kier alpha value is -1.55. The first-order valence-electron chi connectivity index (χ1n) is 10.4. The number of nitrogens with one attached hydrogen (secondary N) is 1. The maximum atomic E-state index is 12.8. The largest absolute Gasteiger partial charge is 0.491 e. The summed E-state index contributed by atoms with van der Waals surface area (Å²) < 4.78 is 11.5. The van der Waals surface area contributed by atoms with E-state index in [0.717, 1.165) is 48.9 Å². The third-order valence-corrected chi connectivity index (χ3v) is 7.30. The lowest BCUT2D eigenvalue weighted by Crippen LogP contribution is -2.42. The molecule has 2 bridgehead atoms. The van der Waals surface area contributed by atoms with Crippen LogP contribution >= 0.6 is 0 Å². The van der Waals surface area contributed by atoms with Gasteiger partial charge in [0, 0.05) is 18.2 Å². The van der Waals surface area contributed by atoms with Gasteiger partial charge in [-0.25, -0.2) is 0 Å². The first kappa shape index (κ1) is 16.6. The highest BCUT2D eigenvalue weighted by atomic mass is 16.5. The molecular formula is C22H29NO3. The van der Waals surface area contributed by atoms with E-state index < -0.39 is 0 Å². The normalized spacial score (nSPS) is 37.7. The van der Waals surface area contributed by atoms with Crippen molar-refractivity contribution >= 4 is 5.91 Å². The molecule has 4 heteroatoms. The fourth-order valence-corrected chi connectivity index (χ4v) is 6.18. The third-order valence-electron chi connectivity index (χ3n) is 7.30. The van der Waals surface area contributed by atoms with Crippen LogP contribution in [0.5, 0.6) is 5.75 Å². The lowest BCUT2D eigenvalue weighted by atomic mass is 9.79. The molecule has 1 aromatic carbocycles. The maximum Gasteiger partial charge on any atom is 0.251 e. The lowest BCUT2D eigenvalue weighted by molar-refractivity contribution is 0.0679. The van der Waals surface area contributed by atoms with Crippen LogP contribution < -0.4 is 10.1 Å². The van der Waals surface area contributed by atoms with Gasteiger partial charge in [0.15, 0.2) is 0 Å². The quantitative estimate of drug-likeness (QED) is 0.874. The van der Waals surface area contributed by atoms with Gasteiger partial charge in [0.05, 0.1) is 6.10 Å². The van der Waals surface area contributed by atoms with E-state index in [1.165, 1.54) is 32.1 Å².